The fourth-order valence-electron chi connectivity index (χ4n) is 8.19. The number of benzene rings is 1. The molecule has 6 heteroatoms. The largest absolute Gasteiger partial charge is 0.380 e. The topological polar surface area (TPSA) is 58.2 Å². The first-order valence-electron chi connectivity index (χ1n) is 8.84. The molecule has 24 heavy (non-hydrogen) atoms. The van der Waals surface area contributed by atoms with E-state index in [0.29, 0.717) is 23.4 Å². The van der Waals surface area contributed by atoms with Gasteiger partial charge in [0, 0.05) is 10.8 Å². The van der Waals surface area contributed by atoms with Crippen molar-refractivity contribution in [2.75, 3.05) is 13.2 Å². The van der Waals surface area contributed by atoms with E-state index < -0.39 is 0 Å². The predicted octanol–water partition coefficient (Wildman–Crippen LogP) is 0.419. The second-order valence-corrected chi connectivity index (χ2v) is 8.60. The van der Waals surface area contributed by atoms with Crippen LogP contribution >= 0.6 is 0 Å². The molecule has 9 rings (SSSR count). The van der Waals surface area contributed by atoms with Gasteiger partial charge in [-0.2, -0.15) is 0 Å². The van der Waals surface area contributed by atoms with Crippen LogP contribution in [0.1, 0.15) is 12.1 Å². The molecule has 2 spiro atoms. The van der Waals surface area contributed by atoms with Gasteiger partial charge in [0.25, 0.3) is 0 Å². The lowest BCUT2D eigenvalue weighted by Gasteiger charge is -2.44. The van der Waals surface area contributed by atoms with E-state index in [-0.39, 0.29) is 34.3 Å². The van der Waals surface area contributed by atoms with E-state index in [9.17, 15) is 9.59 Å². The maximum atomic E-state index is 13.2. The van der Waals surface area contributed by atoms with Gasteiger partial charge >= 0.3 is 11.4 Å². The van der Waals surface area contributed by atoms with Crippen LogP contribution in [0, 0.1) is 34.5 Å². The normalized spacial score (nSPS) is 52.3. The van der Waals surface area contributed by atoms with Crippen LogP contribution in [0.4, 0.5) is 0 Å². The van der Waals surface area contributed by atoms with Gasteiger partial charge in [0.05, 0.1) is 31.0 Å². The maximum absolute atomic E-state index is 13.2. The summed E-state index contributed by atoms with van der Waals surface area (Å²) in [7, 11) is 0. The average molecular weight is 321 g/mol. The maximum Gasteiger partial charge on any atom is 0.352 e. The van der Waals surface area contributed by atoms with Gasteiger partial charge in [0.1, 0.15) is 0 Å². The Balaban J connectivity index is 1.49. The van der Waals surface area contributed by atoms with Crippen molar-refractivity contribution in [2.24, 2.45) is 34.5 Å². The molecular weight excluding hydrogens is 306 g/mol. The fraction of sp³-hybridized carbons (Fsp3) is 0.556. The summed E-state index contributed by atoms with van der Waals surface area (Å²) in [5, 5.41) is 0. The van der Waals surface area contributed by atoms with Crippen LogP contribution in [-0.4, -0.2) is 27.1 Å². The van der Waals surface area contributed by atoms with E-state index in [4.69, 9.17) is 4.74 Å². The third-order valence-electron chi connectivity index (χ3n) is 8.49. The molecular formula is C18H15N3O3. The first-order chi connectivity index (χ1) is 11.7. The van der Waals surface area contributed by atoms with Gasteiger partial charge in [0.2, 0.25) is 0 Å². The second-order valence-electron chi connectivity index (χ2n) is 8.60. The molecule has 1 aromatic carbocycles. The van der Waals surface area contributed by atoms with Gasteiger partial charge < -0.3 is 4.74 Å². The first kappa shape index (κ1) is 11.5. The molecule has 0 radical (unpaired) electrons. The zero-order valence-electron chi connectivity index (χ0n) is 12.8. The Hall–Kier alpha value is -2.08. The highest BCUT2D eigenvalue weighted by Gasteiger charge is 3.04. The van der Waals surface area contributed by atoms with E-state index in [2.05, 4.69) is 0 Å². The average Bonchev–Trinajstić information content (AvgIpc) is 3.19. The van der Waals surface area contributed by atoms with Crippen molar-refractivity contribution in [3.63, 3.8) is 0 Å². The summed E-state index contributed by atoms with van der Waals surface area (Å²) in [6.45, 7) is 1.57. The van der Waals surface area contributed by atoms with Gasteiger partial charge in [-0.15, -0.1) is 0 Å². The van der Waals surface area contributed by atoms with Crippen LogP contribution < -0.4 is 11.4 Å². The van der Waals surface area contributed by atoms with Gasteiger partial charge in [-0.1, -0.05) is 18.2 Å². The molecule has 120 valence electrons. The van der Waals surface area contributed by atoms with Crippen LogP contribution in [-0.2, 0) is 4.74 Å². The standard InChI is InChI=1S/C18H15N3O3/c22-15-19(8-4-2-1-3-5-8)16(23)21-14-11-9-10(11)13(20(15)21)17-6-24-7-18(14,17)12(9)17/h1-5,9-14H,6-7H2/t9?,10-,11-,12?,13+,14+,17-,18+/m0/s1. The lowest BCUT2D eigenvalue weighted by atomic mass is 9.73. The molecule has 5 fully saturated rings. The zero-order valence-corrected chi connectivity index (χ0v) is 12.8. The van der Waals surface area contributed by atoms with Gasteiger partial charge in [-0.3, -0.25) is 0 Å². The summed E-state index contributed by atoms with van der Waals surface area (Å²) < 4.78 is 10.9. The van der Waals surface area contributed by atoms with Gasteiger partial charge in [-0.05, 0) is 35.8 Å². The highest BCUT2D eigenvalue weighted by Crippen LogP contribution is 3.03. The van der Waals surface area contributed by atoms with Crippen molar-refractivity contribution in [1.82, 2.24) is 13.9 Å². The Bertz CT molecular complexity index is 1030. The first-order valence-corrected chi connectivity index (χ1v) is 8.84. The van der Waals surface area contributed by atoms with E-state index in [1.165, 1.54) is 4.57 Å². The summed E-state index contributed by atoms with van der Waals surface area (Å²) in [5.74, 6) is 2.69. The quantitative estimate of drug-likeness (QED) is 0.765. The number of nitrogens with zero attached hydrogens (tertiary/aromatic N) is 3. The molecule has 4 aliphatic carbocycles. The van der Waals surface area contributed by atoms with Crippen LogP contribution in [0.25, 0.3) is 5.69 Å². The molecule has 8 atom stereocenters. The minimum Gasteiger partial charge on any atom is -0.380 e. The number of para-hydroxylation sites is 1. The van der Waals surface area contributed by atoms with Crippen LogP contribution in [0.3, 0.4) is 0 Å². The molecule has 1 saturated heterocycles. The lowest BCUT2D eigenvalue weighted by molar-refractivity contribution is 0.0280. The van der Waals surface area contributed by atoms with Crippen LogP contribution in [0.15, 0.2) is 39.9 Å². The molecule has 2 aromatic rings. The number of rotatable bonds is 1. The molecule has 2 bridgehead atoms. The summed E-state index contributed by atoms with van der Waals surface area (Å²) in [6.07, 6.45) is 0. The summed E-state index contributed by atoms with van der Waals surface area (Å²) in [6, 6.07) is 9.70. The van der Waals surface area contributed by atoms with E-state index in [1.54, 1.807) is 0 Å². The highest BCUT2D eigenvalue weighted by molar-refractivity contribution is 5.50. The Morgan fingerprint density at radius 1 is 0.875 bits per heavy atom. The number of ether oxygens (including phenoxy) is 1. The number of hydrogen-bond donors (Lipinski definition) is 0. The predicted molar refractivity (Wildman–Crippen MR) is 82.0 cm³/mol. The zero-order chi connectivity index (χ0) is 15.6. The number of aromatic nitrogens is 3. The van der Waals surface area contributed by atoms with Gasteiger partial charge in [-0.25, -0.2) is 23.5 Å². The Labute approximate surface area is 136 Å². The van der Waals surface area contributed by atoms with Crippen molar-refractivity contribution < 1.29 is 4.74 Å². The molecule has 1 aromatic heterocycles. The fourth-order valence-corrected chi connectivity index (χ4v) is 8.19. The summed E-state index contributed by atoms with van der Waals surface area (Å²) >= 11 is 0. The number of hydrogen-bond acceptors (Lipinski definition) is 3. The molecule has 0 N–H and O–H groups in total. The van der Waals surface area contributed by atoms with Crippen LogP contribution in [0.2, 0.25) is 0 Å². The van der Waals surface area contributed by atoms with Crippen molar-refractivity contribution in [3.05, 3.63) is 51.3 Å². The second kappa shape index (κ2) is 2.86. The smallest absolute Gasteiger partial charge is 0.352 e. The highest BCUT2D eigenvalue weighted by atomic mass is 16.5. The Morgan fingerprint density at radius 2 is 1.46 bits per heavy atom. The van der Waals surface area contributed by atoms with Gasteiger partial charge in [0.15, 0.2) is 0 Å². The molecule has 4 saturated carbocycles. The summed E-state index contributed by atoms with van der Waals surface area (Å²) in [5.41, 5.74) is 0.690. The third kappa shape index (κ3) is 0.729. The van der Waals surface area contributed by atoms with Crippen molar-refractivity contribution in [1.29, 1.82) is 0 Å². The van der Waals surface area contributed by atoms with Crippen LogP contribution in [0.5, 0.6) is 0 Å². The van der Waals surface area contributed by atoms with E-state index in [1.807, 2.05) is 39.7 Å². The van der Waals surface area contributed by atoms with E-state index >= 15 is 0 Å². The lowest BCUT2D eigenvalue weighted by Crippen LogP contribution is -2.52. The monoisotopic (exact) mass is 321 g/mol. The minimum atomic E-state index is -0.160. The molecule has 4 heterocycles. The van der Waals surface area contributed by atoms with E-state index in [0.717, 1.165) is 19.1 Å². The molecule has 7 aliphatic rings. The minimum absolute atomic E-state index is 0.160. The SMILES string of the molecule is O=c1n(-c2ccccc2)c(=O)n2n1[C@@H]1[C@H]3C4C5[C@@]16COC[C@]56[C@H]2[C@@H]43. The third-order valence-corrected chi connectivity index (χ3v) is 8.49. The summed E-state index contributed by atoms with van der Waals surface area (Å²) in [4.78, 5) is 26.4. The molecule has 0 amide bonds. The van der Waals surface area contributed by atoms with Crippen molar-refractivity contribution >= 4 is 0 Å². The molecule has 3 aliphatic heterocycles. The molecule has 6 nitrogen and oxygen atoms in total. The Morgan fingerprint density at radius 3 is 2.04 bits per heavy atom. The Kier molecular flexibility index (Phi) is 1.36. The van der Waals surface area contributed by atoms with Crippen molar-refractivity contribution in [3.8, 4) is 5.69 Å². The van der Waals surface area contributed by atoms with Crippen molar-refractivity contribution in [2.45, 2.75) is 12.1 Å². The molecule has 2 unspecified atom stereocenters.